The molecule has 3 unspecified atom stereocenters. The van der Waals surface area contributed by atoms with E-state index in [-0.39, 0.29) is 84.9 Å². The molecule has 15 nitrogen and oxygen atoms in total. The van der Waals surface area contributed by atoms with Crippen molar-refractivity contribution in [2.45, 2.75) is 71.2 Å². The van der Waals surface area contributed by atoms with E-state index >= 15 is 0 Å². The normalized spacial score (nSPS) is 24.2. The van der Waals surface area contributed by atoms with Crippen LogP contribution in [0, 0.1) is 28.6 Å². The molecule has 3 atom stereocenters. The molecule has 0 N–H and O–H groups in total. The summed E-state index contributed by atoms with van der Waals surface area (Å²) in [4.78, 5) is 72.4. The van der Waals surface area contributed by atoms with Gasteiger partial charge >= 0.3 is 35.8 Å². The fraction of sp³-hybridized carbons (Fsp3) is 0.581. The van der Waals surface area contributed by atoms with E-state index in [1.165, 1.54) is 20.8 Å². The molecule has 4 aliphatic rings. The minimum Gasteiger partial charge on any atom is -0.458 e. The van der Waals surface area contributed by atoms with E-state index in [4.69, 9.17) is 42.6 Å². The summed E-state index contributed by atoms with van der Waals surface area (Å²) in [5.41, 5.74) is 0.0479. The van der Waals surface area contributed by atoms with Crippen LogP contribution in [0.1, 0.15) is 52.9 Å². The Labute approximate surface area is 340 Å². The van der Waals surface area contributed by atoms with Gasteiger partial charge in [-0.2, -0.15) is 0 Å². The van der Waals surface area contributed by atoms with Gasteiger partial charge < -0.3 is 42.6 Å². The van der Waals surface area contributed by atoms with Crippen molar-refractivity contribution >= 4 is 35.8 Å². The minimum atomic E-state index is -0.881. The van der Waals surface area contributed by atoms with Crippen LogP contribution in [0.15, 0.2) is 74.4 Å². The maximum absolute atomic E-state index is 12.1. The van der Waals surface area contributed by atoms with E-state index in [2.05, 4.69) is 39.5 Å². The predicted molar refractivity (Wildman–Crippen MR) is 208 cm³/mol. The fourth-order valence-corrected chi connectivity index (χ4v) is 8.23. The molecule has 0 amide bonds. The molecule has 58 heavy (non-hydrogen) atoms. The third kappa shape index (κ3) is 14.5. The largest absolute Gasteiger partial charge is 0.458 e. The topological polar surface area (TPSA) is 185 Å². The molecule has 4 fully saturated rings. The standard InChI is InChI=1S/C43H58O15/c1-10-36(44)56-32(20-53-39(47)27(4)5)17-50-23-35-30-13-42(25-51-18-33(57-37(45)11-2)21-54-40(48)28(6)7)14-31(35)16-43(15-30,24-42)26-52-19-34(58-38(46)12-3)22-55-41(49)29(8)9/h10-12,30-35H,1-4,6,8,13-26H2,5,7,9H3. The predicted octanol–water partition coefficient (Wildman–Crippen LogP) is 4.50. The molecule has 4 bridgehead atoms. The lowest BCUT2D eigenvalue weighted by atomic mass is 9.41. The number of hydrogen-bond donors (Lipinski definition) is 0. The molecule has 4 aliphatic carbocycles. The first-order valence-corrected chi connectivity index (χ1v) is 19.1. The molecule has 0 aliphatic heterocycles. The second-order valence-corrected chi connectivity index (χ2v) is 15.7. The number of carbonyl (C=O) groups is 6. The zero-order valence-corrected chi connectivity index (χ0v) is 34.0. The smallest absolute Gasteiger partial charge is 0.333 e. The summed E-state index contributed by atoms with van der Waals surface area (Å²) in [6.07, 6.45) is 4.43. The minimum absolute atomic E-state index is 0.0109. The molecular weight excluding hydrogens is 756 g/mol. The Balaban J connectivity index is 1.76. The van der Waals surface area contributed by atoms with Crippen LogP contribution in [0.3, 0.4) is 0 Å². The lowest BCUT2D eigenvalue weighted by Crippen LogP contribution is -2.59. The molecule has 4 rings (SSSR count). The van der Waals surface area contributed by atoms with Gasteiger partial charge in [-0.05, 0) is 81.5 Å². The summed E-state index contributed by atoms with van der Waals surface area (Å²) >= 11 is 0. The van der Waals surface area contributed by atoms with Crippen LogP contribution in [0.25, 0.3) is 0 Å². The maximum Gasteiger partial charge on any atom is 0.333 e. The Bertz CT molecular complexity index is 1500. The maximum atomic E-state index is 12.1. The lowest BCUT2D eigenvalue weighted by molar-refractivity contribution is -0.203. The Morgan fingerprint density at radius 2 is 0.845 bits per heavy atom. The van der Waals surface area contributed by atoms with Crippen molar-refractivity contribution in [2.24, 2.45) is 28.6 Å². The number of ether oxygens (including phenoxy) is 9. The third-order valence-electron chi connectivity index (χ3n) is 10.4. The van der Waals surface area contributed by atoms with Crippen LogP contribution in [-0.2, 0) is 71.4 Å². The Morgan fingerprint density at radius 1 is 0.534 bits per heavy atom. The van der Waals surface area contributed by atoms with Crippen LogP contribution in [-0.4, -0.2) is 114 Å². The van der Waals surface area contributed by atoms with Crippen LogP contribution >= 0.6 is 0 Å². The summed E-state index contributed by atoms with van der Waals surface area (Å²) in [5.74, 6) is -3.40. The average molecular weight is 815 g/mol. The van der Waals surface area contributed by atoms with Gasteiger partial charge in [0.05, 0.1) is 39.6 Å². The second kappa shape index (κ2) is 22.3. The van der Waals surface area contributed by atoms with Crippen LogP contribution in [0.2, 0.25) is 0 Å². The van der Waals surface area contributed by atoms with Crippen molar-refractivity contribution in [3.8, 4) is 0 Å². The van der Waals surface area contributed by atoms with E-state index in [0.29, 0.717) is 19.8 Å². The second-order valence-electron chi connectivity index (χ2n) is 15.7. The quantitative estimate of drug-likeness (QED) is 0.0641. The van der Waals surface area contributed by atoms with Crippen molar-refractivity contribution in [3.05, 3.63) is 74.4 Å². The molecule has 0 saturated heterocycles. The van der Waals surface area contributed by atoms with Crippen molar-refractivity contribution in [1.82, 2.24) is 0 Å². The van der Waals surface area contributed by atoms with Crippen LogP contribution in [0.4, 0.5) is 0 Å². The van der Waals surface area contributed by atoms with Crippen LogP contribution in [0.5, 0.6) is 0 Å². The molecule has 15 heteroatoms. The van der Waals surface area contributed by atoms with E-state index in [1.807, 2.05) is 0 Å². The number of hydrogen-bond acceptors (Lipinski definition) is 15. The average Bonchev–Trinajstić information content (AvgIpc) is 3.17. The fourth-order valence-electron chi connectivity index (χ4n) is 8.23. The van der Waals surface area contributed by atoms with Gasteiger partial charge in [-0.1, -0.05) is 39.5 Å². The van der Waals surface area contributed by atoms with Gasteiger partial charge in [-0.3, -0.25) is 0 Å². The summed E-state index contributed by atoms with van der Waals surface area (Å²) in [6.45, 7) is 25.9. The Morgan fingerprint density at radius 3 is 1.14 bits per heavy atom. The summed E-state index contributed by atoms with van der Waals surface area (Å²) < 4.78 is 50.7. The molecule has 0 radical (unpaired) electrons. The van der Waals surface area contributed by atoms with Gasteiger partial charge in [0, 0.05) is 34.9 Å². The van der Waals surface area contributed by atoms with E-state index in [9.17, 15) is 28.8 Å². The molecule has 0 heterocycles. The van der Waals surface area contributed by atoms with Crippen molar-refractivity contribution in [3.63, 3.8) is 0 Å². The number of rotatable bonds is 27. The molecule has 0 aromatic heterocycles. The highest BCUT2D eigenvalue weighted by molar-refractivity contribution is 5.88. The molecule has 4 saturated carbocycles. The number of esters is 6. The first kappa shape index (κ1) is 47.5. The van der Waals surface area contributed by atoms with Gasteiger partial charge in [0.2, 0.25) is 0 Å². The van der Waals surface area contributed by atoms with E-state index in [0.717, 1.165) is 50.3 Å². The van der Waals surface area contributed by atoms with Crippen molar-refractivity contribution in [2.75, 3.05) is 59.5 Å². The summed E-state index contributed by atoms with van der Waals surface area (Å²) in [6, 6.07) is 0. The molecular formula is C43H58O15. The number of carbonyl (C=O) groups excluding carboxylic acids is 6. The van der Waals surface area contributed by atoms with Gasteiger partial charge in [0.25, 0.3) is 0 Å². The lowest BCUT2D eigenvalue weighted by Gasteiger charge is -2.64. The van der Waals surface area contributed by atoms with Gasteiger partial charge in [0.1, 0.15) is 19.8 Å². The van der Waals surface area contributed by atoms with E-state index in [1.54, 1.807) is 0 Å². The van der Waals surface area contributed by atoms with Crippen molar-refractivity contribution < 1.29 is 71.4 Å². The first-order valence-electron chi connectivity index (χ1n) is 19.1. The Hall–Kier alpha value is -4.86. The highest BCUT2D eigenvalue weighted by Crippen LogP contribution is 2.67. The zero-order chi connectivity index (χ0) is 43.0. The van der Waals surface area contributed by atoms with Gasteiger partial charge in [-0.15, -0.1) is 0 Å². The molecule has 320 valence electrons. The van der Waals surface area contributed by atoms with Crippen LogP contribution < -0.4 is 0 Å². The SMILES string of the molecule is C=CC(=O)OC(COCC1C2CC3(COCC(COC(=O)C(=C)C)OC(=O)C=C)CC1CC(COCC(COC(=O)C(=C)C)OC(=O)C=C)(C2)C3)COC(=O)C(=C)C. The highest BCUT2D eigenvalue weighted by atomic mass is 16.6. The van der Waals surface area contributed by atoms with Gasteiger partial charge in [-0.25, -0.2) is 28.8 Å². The Kier molecular flexibility index (Phi) is 18.3. The first-order chi connectivity index (χ1) is 27.4. The molecule has 0 spiro atoms. The van der Waals surface area contributed by atoms with E-state index < -0.39 is 54.1 Å². The third-order valence-corrected chi connectivity index (χ3v) is 10.4. The summed E-state index contributed by atoms with van der Waals surface area (Å²) in [7, 11) is 0. The molecule has 0 aromatic rings. The highest BCUT2D eigenvalue weighted by Gasteiger charge is 2.61. The monoisotopic (exact) mass is 814 g/mol. The van der Waals surface area contributed by atoms with Gasteiger partial charge in [0.15, 0.2) is 18.3 Å². The van der Waals surface area contributed by atoms with Crippen molar-refractivity contribution in [1.29, 1.82) is 0 Å². The zero-order valence-electron chi connectivity index (χ0n) is 34.0. The molecule has 0 aromatic carbocycles. The summed E-state index contributed by atoms with van der Waals surface area (Å²) in [5, 5.41) is 0.